The number of aryl methyl sites for hydroxylation is 1. The lowest BCUT2D eigenvalue weighted by molar-refractivity contribution is -0.113. The second-order valence-electron chi connectivity index (χ2n) is 5.58. The van der Waals surface area contributed by atoms with E-state index in [1.807, 2.05) is 0 Å². The van der Waals surface area contributed by atoms with Crippen molar-refractivity contribution in [2.45, 2.75) is 12.7 Å². The fourth-order valence-corrected chi connectivity index (χ4v) is 3.43. The van der Waals surface area contributed by atoms with Crippen LogP contribution in [0.3, 0.4) is 0 Å². The van der Waals surface area contributed by atoms with Crippen molar-refractivity contribution in [1.82, 2.24) is 0 Å². The maximum Gasteiger partial charge on any atom is 0.335 e. The first kappa shape index (κ1) is 19.9. The van der Waals surface area contributed by atoms with E-state index >= 15 is 0 Å². The average molecular weight is 396 g/mol. The highest BCUT2D eigenvalue weighted by molar-refractivity contribution is 7.84. The van der Waals surface area contributed by atoms with Crippen molar-refractivity contribution in [2.75, 3.05) is 18.2 Å². The molecule has 0 aromatic heterocycles. The van der Waals surface area contributed by atoms with E-state index in [0.717, 1.165) is 5.56 Å². The van der Waals surface area contributed by atoms with Gasteiger partial charge in [-0.05, 0) is 36.2 Å². The van der Waals surface area contributed by atoms with Crippen LogP contribution in [0.15, 0.2) is 36.4 Å². The Kier molecular flexibility index (Phi) is 6.76. The molecule has 1 unspecified atom stereocenters. The van der Waals surface area contributed by atoms with Gasteiger partial charge in [0, 0.05) is 27.6 Å². The second kappa shape index (κ2) is 8.82. The Morgan fingerprint density at radius 3 is 2.46 bits per heavy atom. The minimum Gasteiger partial charge on any atom is -0.495 e. The van der Waals surface area contributed by atoms with Gasteiger partial charge in [-0.15, -0.1) is 0 Å². The van der Waals surface area contributed by atoms with Crippen LogP contribution in [-0.2, 0) is 21.3 Å². The number of rotatable bonds is 7. The molecule has 138 valence electrons. The van der Waals surface area contributed by atoms with Crippen LogP contribution in [0, 0.1) is 6.92 Å². The number of aromatic carboxylic acids is 1. The molecule has 8 heteroatoms. The van der Waals surface area contributed by atoms with E-state index in [0.29, 0.717) is 22.0 Å². The van der Waals surface area contributed by atoms with Gasteiger partial charge in [0.25, 0.3) is 0 Å². The zero-order valence-electron chi connectivity index (χ0n) is 14.2. The Morgan fingerprint density at radius 1 is 1.23 bits per heavy atom. The van der Waals surface area contributed by atoms with Crippen molar-refractivity contribution in [1.29, 1.82) is 0 Å². The lowest BCUT2D eigenvalue weighted by Gasteiger charge is -2.12. The minimum atomic E-state index is -1.44. The van der Waals surface area contributed by atoms with E-state index in [2.05, 4.69) is 5.32 Å². The van der Waals surface area contributed by atoms with Gasteiger partial charge in [-0.3, -0.25) is 9.00 Å². The van der Waals surface area contributed by atoms with Gasteiger partial charge in [0.05, 0.1) is 18.4 Å². The minimum absolute atomic E-state index is 0.155. The van der Waals surface area contributed by atoms with Crippen molar-refractivity contribution < 1.29 is 23.6 Å². The number of methoxy groups -OCH3 is 1. The zero-order chi connectivity index (χ0) is 19.3. The molecule has 0 spiro atoms. The lowest BCUT2D eigenvalue weighted by atomic mass is 10.1. The first-order chi connectivity index (χ1) is 12.3. The van der Waals surface area contributed by atoms with E-state index in [-0.39, 0.29) is 17.1 Å². The summed E-state index contributed by atoms with van der Waals surface area (Å²) >= 11 is 6.03. The third-order valence-corrected chi connectivity index (χ3v) is 5.22. The monoisotopic (exact) mass is 395 g/mol. The number of benzene rings is 2. The number of hydrogen-bond acceptors (Lipinski definition) is 4. The molecular formula is C18H18ClNO5S. The summed E-state index contributed by atoms with van der Waals surface area (Å²) < 4.78 is 17.4. The summed E-state index contributed by atoms with van der Waals surface area (Å²) in [5.74, 6) is -1.05. The van der Waals surface area contributed by atoms with Crippen molar-refractivity contribution in [2.24, 2.45) is 0 Å². The summed E-state index contributed by atoms with van der Waals surface area (Å²) in [6, 6.07) is 9.35. The first-order valence-electron chi connectivity index (χ1n) is 7.61. The molecule has 0 aliphatic heterocycles. The average Bonchev–Trinajstić information content (AvgIpc) is 2.58. The molecule has 0 aliphatic carbocycles. The molecule has 0 heterocycles. The lowest BCUT2D eigenvalue weighted by Crippen LogP contribution is -2.20. The molecule has 2 rings (SSSR count). The molecular weight excluding hydrogens is 378 g/mol. The number of carboxylic acids is 1. The van der Waals surface area contributed by atoms with Gasteiger partial charge in [0.15, 0.2) is 0 Å². The molecule has 26 heavy (non-hydrogen) atoms. The number of carboxylic acid groups (broad SMARTS) is 1. The van der Waals surface area contributed by atoms with Gasteiger partial charge in [0.2, 0.25) is 5.91 Å². The summed E-state index contributed by atoms with van der Waals surface area (Å²) in [4.78, 5) is 23.0. The van der Waals surface area contributed by atoms with E-state index < -0.39 is 22.7 Å². The molecule has 0 fully saturated rings. The number of nitrogens with one attached hydrogen (secondary N) is 1. The molecule has 2 aromatic rings. The Bertz CT molecular complexity index is 851. The van der Waals surface area contributed by atoms with Crippen LogP contribution in [0.2, 0.25) is 5.02 Å². The van der Waals surface area contributed by atoms with Crippen molar-refractivity contribution >= 4 is 40.0 Å². The van der Waals surface area contributed by atoms with E-state index in [4.69, 9.17) is 21.4 Å². The van der Waals surface area contributed by atoms with Gasteiger partial charge in [-0.25, -0.2) is 4.79 Å². The highest BCUT2D eigenvalue weighted by Crippen LogP contribution is 2.30. The Hall–Kier alpha value is -2.38. The smallest absolute Gasteiger partial charge is 0.335 e. The van der Waals surface area contributed by atoms with E-state index in [1.54, 1.807) is 31.2 Å². The highest BCUT2D eigenvalue weighted by Gasteiger charge is 2.13. The van der Waals surface area contributed by atoms with Crippen molar-refractivity contribution in [3.05, 3.63) is 58.1 Å². The van der Waals surface area contributed by atoms with Crippen molar-refractivity contribution in [3.8, 4) is 5.75 Å². The largest absolute Gasteiger partial charge is 0.495 e. The normalized spacial score (nSPS) is 11.7. The van der Waals surface area contributed by atoms with Crippen LogP contribution in [-0.4, -0.2) is 34.1 Å². The Labute approximate surface area is 158 Å². The number of anilines is 1. The summed E-state index contributed by atoms with van der Waals surface area (Å²) in [5, 5.41) is 12.1. The molecule has 1 atom stereocenters. The molecule has 0 radical (unpaired) electrons. The van der Waals surface area contributed by atoms with E-state index in [1.165, 1.54) is 19.2 Å². The number of carbonyl (C=O) groups is 2. The molecule has 2 N–H and O–H groups in total. The molecule has 2 aromatic carbocycles. The maximum atomic E-state index is 12.2. The number of amides is 1. The van der Waals surface area contributed by atoms with Gasteiger partial charge in [0.1, 0.15) is 11.5 Å². The second-order valence-corrected chi connectivity index (χ2v) is 7.44. The zero-order valence-corrected chi connectivity index (χ0v) is 15.8. The van der Waals surface area contributed by atoms with Crippen LogP contribution >= 0.6 is 11.6 Å². The first-order valence-corrected chi connectivity index (χ1v) is 9.48. The Balaban J connectivity index is 1.98. The quantitative estimate of drug-likeness (QED) is 0.750. The predicted octanol–water partition coefficient (Wildman–Crippen LogP) is 3.24. The third-order valence-electron chi connectivity index (χ3n) is 3.58. The fourth-order valence-electron chi connectivity index (χ4n) is 2.24. The Morgan fingerprint density at radius 2 is 1.88 bits per heavy atom. The summed E-state index contributed by atoms with van der Waals surface area (Å²) in [6.07, 6.45) is 0. The molecule has 0 saturated heterocycles. The van der Waals surface area contributed by atoms with Crippen LogP contribution in [0.4, 0.5) is 5.69 Å². The van der Waals surface area contributed by atoms with Crippen LogP contribution in [0.1, 0.15) is 21.5 Å². The molecule has 1 amide bonds. The predicted molar refractivity (Wildman–Crippen MR) is 101 cm³/mol. The molecule has 0 aliphatic rings. The van der Waals surface area contributed by atoms with Gasteiger partial charge < -0.3 is 15.2 Å². The highest BCUT2D eigenvalue weighted by atomic mass is 35.5. The van der Waals surface area contributed by atoms with Crippen molar-refractivity contribution in [3.63, 3.8) is 0 Å². The third kappa shape index (κ3) is 5.31. The SMILES string of the molecule is COc1cc(Cl)c(C)cc1NC(=O)CS(=O)Cc1ccc(C(=O)O)cc1. The number of halogens is 1. The number of carbonyl (C=O) groups excluding carboxylic acids is 1. The molecule has 0 saturated carbocycles. The fraction of sp³-hybridized carbons (Fsp3) is 0.222. The number of hydrogen-bond donors (Lipinski definition) is 2. The standard InChI is InChI=1S/C18H18ClNO5S/c1-11-7-15(16(25-2)8-14(11)19)20-17(21)10-26(24)9-12-3-5-13(6-4-12)18(22)23/h3-8H,9-10H2,1-2H3,(H,20,21)(H,22,23). The van der Waals surface area contributed by atoms with Gasteiger partial charge >= 0.3 is 5.97 Å². The summed E-state index contributed by atoms with van der Waals surface area (Å²) in [5.41, 5.74) is 2.09. The topological polar surface area (TPSA) is 92.7 Å². The van der Waals surface area contributed by atoms with Crippen LogP contribution in [0.25, 0.3) is 0 Å². The van der Waals surface area contributed by atoms with Gasteiger partial charge in [-0.2, -0.15) is 0 Å². The van der Waals surface area contributed by atoms with Crippen LogP contribution < -0.4 is 10.1 Å². The summed E-state index contributed by atoms with van der Waals surface area (Å²) in [6.45, 7) is 1.80. The molecule has 0 bridgehead atoms. The maximum absolute atomic E-state index is 12.2. The van der Waals surface area contributed by atoms with Crippen LogP contribution in [0.5, 0.6) is 5.75 Å². The summed E-state index contributed by atoms with van der Waals surface area (Å²) in [7, 11) is 0.0311. The van der Waals surface area contributed by atoms with Gasteiger partial charge in [-0.1, -0.05) is 23.7 Å². The number of ether oxygens (including phenoxy) is 1. The molecule has 6 nitrogen and oxygen atoms in total. The van der Waals surface area contributed by atoms with E-state index in [9.17, 15) is 13.8 Å².